The Morgan fingerprint density at radius 1 is 1.24 bits per heavy atom. The first-order valence-corrected chi connectivity index (χ1v) is 9.28. The van der Waals surface area contributed by atoms with Gasteiger partial charge in [0.05, 0.1) is 18.1 Å². The number of thioether (sulfide) groups is 1. The molecule has 7 nitrogen and oxygen atoms in total. The Morgan fingerprint density at radius 3 is 2.52 bits per heavy atom. The molecule has 0 aliphatic rings. The highest BCUT2D eigenvalue weighted by Crippen LogP contribution is 2.35. The summed E-state index contributed by atoms with van der Waals surface area (Å²) < 4.78 is 46.9. The first-order valence-electron chi connectivity index (χ1n) is 8.29. The van der Waals surface area contributed by atoms with E-state index < -0.39 is 28.9 Å². The number of hydrogen-bond donors (Lipinski definition) is 1. The Kier molecular flexibility index (Phi) is 8.13. The molecule has 1 amide bonds. The van der Waals surface area contributed by atoms with Gasteiger partial charge in [0.15, 0.2) is 11.5 Å². The highest BCUT2D eigenvalue weighted by molar-refractivity contribution is 7.99. The van der Waals surface area contributed by atoms with Crippen molar-refractivity contribution in [3.8, 4) is 11.5 Å². The second-order valence-electron chi connectivity index (χ2n) is 5.57. The maximum absolute atomic E-state index is 12.9. The third kappa shape index (κ3) is 6.56. The van der Waals surface area contributed by atoms with Crippen LogP contribution in [0.25, 0.3) is 0 Å². The Bertz CT molecular complexity index is 865. The molecular formula is C18H17F3N2O5S. The Balaban J connectivity index is 1.99. The van der Waals surface area contributed by atoms with Gasteiger partial charge in [-0.05, 0) is 36.4 Å². The molecule has 0 bridgehead atoms. The van der Waals surface area contributed by atoms with Crippen LogP contribution in [0.4, 0.5) is 18.9 Å². The normalized spacial score (nSPS) is 10.7. The number of nitrogens with one attached hydrogen (secondary N) is 1. The van der Waals surface area contributed by atoms with Crippen LogP contribution >= 0.6 is 11.8 Å². The number of nitrogens with zero attached hydrogens (tertiary/aromatic N) is 1. The quantitative estimate of drug-likeness (QED) is 0.262. The Hall–Kier alpha value is -2.95. The van der Waals surface area contributed by atoms with Crippen molar-refractivity contribution in [2.24, 2.45) is 0 Å². The fraction of sp³-hybridized carbons (Fsp3) is 0.278. The third-order valence-electron chi connectivity index (χ3n) is 3.63. The number of ether oxygens (including phenoxy) is 2. The minimum Gasteiger partial charge on any atom is -0.493 e. The average Bonchev–Trinajstić information content (AvgIpc) is 2.68. The van der Waals surface area contributed by atoms with E-state index in [4.69, 9.17) is 4.74 Å². The standard InChI is InChI=1S/C18H17F3N2O5S/c1-27-15-9-13(14(23(25)26)10-16(15)28-18(20)21)17(24)22-7-2-8-29-12-5-3-11(19)4-6-12/h3-6,9-10,18H,2,7-8H2,1H3,(H,22,24). The lowest BCUT2D eigenvalue weighted by atomic mass is 10.1. The molecular weight excluding hydrogens is 413 g/mol. The molecule has 0 spiro atoms. The van der Waals surface area contributed by atoms with Crippen molar-refractivity contribution in [2.45, 2.75) is 17.9 Å². The van der Waals surface area contributed by atoms with Gasteiger partial charge < -0.3 is 14.8 Å². The maximum atomic E-state index is 12.9. The number of carbonyl (C=O) groups excluding carboxylic acids is 1. The van der Waals surface area contributed by atoms with Gasteiger partial charge in [-0.1, -0.05) is 0 Å². The summed E-state index contributed by atoms with van der Waals surface area (Å²) in [7, 11) is 1.16. The molecule has 1 N–H and O–H groups in total. The van der Waals surface area contributed by atoms with E-state index in [-0.39, 0.29) is 23.7 Å². The van der Waals surface area contributed by atoms with Gasteiger partial charge in [0.1, 0.15) is 11.4 Å². The lowest BCUT2D eigenvalue weighted by Gasteiger charge is -2.12. The number of nitro groups is 1. The van der Waals surface area contributed by atoms with E-state index in [1.54, 1.807) is 12.1 Å². The lowest BCUT2D eigenvalue weighted by Crippen LogP contribution is -2.25. The first kappa shape index (κ1) is 22.3. The topological polar surface area (TPSA) is 90.7 Å². The van der Waals surface area contributed by atoms with Crippen LogP contribution in [0, 0.1) is 15.9 Å². The van der Waals surface area contributed by atoms with E-state index in [1.807, 2.05) is 0 Å². The fourth-order valence-corrected chi connectivity index (χ4v) is 3.17. The zero-order valence-corrected chi connectivity index (χ0v) is 16.0. The van der Waals surface area contributed by atoms with E-state index in [1.165, 1.54) is 23.9 Å². The smallest absolute Gasteiger partial charge is 0.387 e. The van der Waals surface area contributed by atoms with E-state index in [0.29, 0.717) is 12.2 Å². The highest BCUT2D eigenvalue weighted by Gasteiger charge is 2.25. The molecule has 0 atom stereocenters. The zero-order chi connectivity index (χ0) is 21.4. The molecule has 2 aromatic carbocycles. The average molecular weight is 430 g/mol. The minimum absolute atomic E-state index is 0.224. The summed E-state index contributed by atoms with van der Waals surface area (Å²) in [5.41, 5.74) is -1.01. The van der Waals surface area contributed by atoms with Crippen LogP contribution in [0.1, 0.15) is 16.8 Å². The number of nitro benzene ring substituents is 1. The van der Waals surface area contributed by atoms with Crippen LogP contribution in [0.5, 0.6) is 11.5 Å². The molecule has 0 unspecified atom stereocenters. The van der Waals surface area contributed by atoms with Gasteiger partial charge in [0.25, 0.3) is 11.6 Å². The van der Waals surface area contributed by atoms with Gasteiger partial charge in [-0.3, -0.25) is 14.9 Å². The lowest BCUT2D eigenvalue weighted by molar-refractivity contribution is -0.385. The number of rotatable bonds is 10. The van der Waals surface area contributed by atoms with Gasteiger partial charge >= 0.3 is 6.61 Å². The van der Waals surface area contributed by atoms with Crippen molar-refractivity contribution in [1.29, 1.82) is 0 Å². The van der Waals surface area contributed by atoms with Gasteiger partial charge in [-0.2, -0.15) is 8.78 Å². The van der Waals surface area contributed by atoms with Crippen LogP contribution in [-0.4, -0.2) is 36.8 Å². The summed E-state index contributed by atoms with van der Waals surface area (Å²) in [5.74, 6) is -1.22. The van der Waals surface area contributed by atoms with Crippen molar-refractivity contribution < 1.29 is 32.4 Å². The van der Waals surface area contributed by atoms with Gasteiger partial charge in [-0.15, -0.1) is 11.8 Å². The molecule has 11 heteroatoms. The summed E-state index contributed by atoms with van der Waals surface area (Å²) in [6.45, 7) is -2.98. The molecule has 0 saturated heterocycles. The second-order valence-corrected chi connectivity index (χ2v) is 6.74. The van der Waals surface area contributed by atoms with Crippen molar-refractivity contribution in [3.05, 3.63) is 57.9 Å². The summed E-state index contributed by atoms with van der Waals surface area (Å²) in [6, 6.07) is 7.67. The highest BCUT2D eigenvalue weighted by atomic mass is 32.2. The summed E-state index contributed by atoms with van der Waals surface area (Å²) in [6.07, 6.45) is 0.547. The number of amides is 1. The number of alkyl halides is 2. The largest absolute Gasteiger partial charge is 0.493 e. The van der Waals surface area contributed by atoms with E-state index >= 15 is 0 Å². The number of hydrogen-bond acceptors (Lipinski definition) is 6. The molecule has 0 aliphatic heterocycles. The van der Waals surface area contributed by atoms with Crippen molar-refractivity contribution in [3.63, 3.8) is 0 Å². The monoisotopic (exact) mass is 430 g/mol. The molecule has 0 aromatic heterocycles. The second kappa shape index (κ2) is 10.6. The molecule has 0 fully saturated rings. The number of carbonyl (C=O) groups is 1. The Labute approximate surface area is 168 Å². The molecule has 2 rings (SSSR count). The van der Waals surface area contributed by atoms with E-state index in [2.05, 4.69) is 10.1 Å². The minimum atomic E-state index is -3.21. The third-order valence-corrected chi connectivity index (χ3v) is 4.73. The molecule has 0 aliphatic carbocycles. The number of benzene rings is 2. The predicted molar refractivity (Wildman–Crippen MR) is 100 cm³/mol. The van der Waals surface area contributed by atoms with E-state index in [9.17, 15) is 28.1 Å². The summed E-state index contributed by atoms with van der Waals surface area (Å²) in [5, 5.41) is 13.8. The van der Waals surface area contributed by atoms with Crippen molar-refractivity contribution >= 4 is 23.4 Å². The molecule has 0 radical (unpaired) electrons. The maximum Gasteiger partial charge on any atom is 0.387 e. The SMILES string of the molecule is COc1cc(C(=O)NCCCSc2ccc(F)cc2)c([N+](=O)[O-])cc1OC(F)F. The van der Waals surface area contributed by atoms with Crippen LogP contribution < -0.4 is 14.8 Å². The molecule has 29 heavy (non-hydrogen) atoms. The summed E-state index contributed by atoms with van der Waals surface area (Å²) in [4.78, 5) is 23.6. The molecule has 156 valence electrons. The number of methoxy groups -OCH3 is 1. The van der Waals surface area contributed by atoms with Gasteiger partial charge in [-0.25, -0.2) is 4.39 Å². The van der Waals surface area contributed by atoms with Crippen LogP contribution in [0.15, 0.2) is 41.3 Å². The van der Waals surface area contributed by atoms with Crippen LogP contribution in [0.2, 0.25) is 0 Å². The first-order chi connectivity index (χ1) is 13.8. The van der Waals surface area contributed by atoms with Gasteiger partial charge in [0, 0.05) is 17.5 Å². The fourth-order valence-electron chi connectivity index (χ4n) is 2.32. The predicted octanol–water partition coefficient (Wildman–Crippen LogP) is 4.26. The van der Waals surface area contributed by atoms with Crippen molar-refractivity contribution in [2.75, 3.05) is 19.4 Å². The van der Waals surface area contributed by atoms with E-state index in [0.717, 1.165) is 24.1 Å². The van der Waals surface area contributed by atoms with Gasteiger partial charge in [0.2, 0.25) is 0 Å². The Morgan fingerprint density at radius 2 is 1.93 bits per heavy atom. The molecule has 0 saturated carbocycles. The zero-order valence-electron chi connectivity index (χ0n) is 15.2. The number of halogens is 3. The van der Waals surface area contributed by atoms with Crippen LogP contribution in [0.3, 0.4) is 0 Å². The molecule has 2 aromatic rings. The van der Waals surface area contributed by atoms with Crippen molar-refractivity contribution in [1.82, 2.24) is 5.32 Å². The summed E-state index contributed by atoms with van der Waals surface area (Å²) >= 11 is 1.46. The molecule has 0 heterocycles. The van der Waals surface area contributed by atoms with Crippen LogP contribution in [-0.2, 0) is 0 Å².